The second kappa shape index (κ2) is 11.1. The van der Waals surface area contributed by atoms with Gasteiger partial charge in [0.15, 0.2) is 0 Å². The summed E-state index contributed by atoms with van der Waals surface area (Å²) < 4.78 is 6.43. The molecular weight excluding hydrogens is 593 g/mol. The van der Waals surface area contributed by atoms with Crippen LogP contribution < -0.4 is 0 Å². The minimum absolute atomic E-state index is 0.917. The molecule has 0 N–H and O–H groups in total. The Bertz CT molecular complexity index is 2820. The molecule has 0 aliphatic carbocycles. The Morgan fingerprint density at radius 3 is 1.35 bits per heavy atom. The van der Waals surface area contributed by atoms with Crippen LogP contribution in [0.4, 0.5) is 0 Å². The molecule has 0 atom stereocenters. The summed E-state index contributed by atoms with van der Waals surface area (Å²) in [6.07, 6.45) is 0. The van der Waals surface area contributed by atoms with Gasteiger partial charge in [-0.2, -0.15) is 0 Å². The Labute approximate surface area is 284 Å². The largest absolute Gasteiger partial charge is 0.455 e. The lowest BCUT2D eigenvalue weighted by Crippen LogP contribution is -1.92. The summed E-state index contributed by atoms with van der Waals surface area (Å²) in [6, 6.07) is 65.8. The van der Waals surface area contributed by atoms with Crippen molar-refractivity contribution in [1.82, 2.24) is 0 Å². The molecule has 0 aliphatic heterocycles. The van der Waals surface area contributed by atoms with Crippen LogP contribution in [0.25, 0.3) is 98.8 Å². The maximum Gasteiger partial charge on any atom is 0.143 e. The quantitative estimate of drug-likeness (QED) is 0.178. The number of furan rings is 1. The average Bonchev–Trinajstić information content (AvgIpc) is 3.56. The lowest BCUT2D eigenvalue weighted by molar-refractivity contribution is 0.672. The van der Waals surface area contributed by atoms with E-state index in [9.17, 15) is 0 Å². The van der Waals surface area contributed by atoms with Crippen molar-refractivity contribution < 1.29 is 4.42 Å². The van der Waals surface area contributed by atoms with E-state index in [2.05, 4.69) is 176 Å². The van der Waals surface area contributed by atoms with E-state index < -0.39 is 0 Å². The summed E-state index contributed by atoms with van der Waals surface area (Å²) in [4.78, 5) is 0. The van der Waals surface area contributed by atoms with Crippen molar-refractivity contribution in [3.63, 3.8) is 0 Å². The average molecular weight is 623 g/mol. The first kappa shape index (κ1) is 27.7. The van der Waals surface area contributed by atoms with Gasteiger partial charge in [-0.25, -0.2) is 0 Å². The lowest BCUT2D eigenvalue weighted by Gasteiger charge is -2.19. The van der Waals surface area contributed by atoms with Gasteiger partial charge >= 0.3 is 0 Å². The van der Waals surface area contributed by atoms with E-state index in [0.29, 0.717) is 0 Å². The van der Waals surface area contributed by atoms with E-state index in [1.807, 2.05) is 6.07 Å². The minimum atomic E-state index is 0.917. The first-order valence-corrected chi connectivity index (χ1v) is 16.8. The summed E-state index contributed by atoms with van der Waals surface area (Å²) in [7, 11) is 0. The number of para-hydroxylation sites is 1. The molecule has 0 aliphatic rings. The Kier molecular flexibility index (Phi) is 6.25. The topological polar surface area (TPSA) is 13.1 Å². The molecule has 1 heterocycles. The van der Waals surface area contributed by atoms with Gasteiger partial charge in [0.05, 0.1) is 0 Å². The number of hydrogen-bond donors (Lipinski definition) is 0. The van der Waals surface area contributed by atoms with Gasteiger partial charge in [-0.3, -0.25) is 0 Å². The molecule has 9 aromatic carbocycles. The second-order valence-electron chi connectivity index (χ2n) is 12.8. The van der Waals surface area contributed by atoms with Crippen LogP contribution in [0.3, 0.4) is 0 Å². The van der Waals surface area contributed by atoms with Crippen molar-refractivity contribution in [3.05, 3.63) is 182 Å². The number of hydrogen-bond acceptors (Lipinski definition) is 1. The van der Waals surface area contributed by atoms with Crippen LogP contribution in [0.15, 0.2) is 186 Å². The molecule has 228 valence electrons. The van der Waals surface area contributed by atoms with Gasteiger partial charge in [0.1, 0.15) is 11.2 Å². The maximum absolute atomic E-state index is 6.43. The fraction of sp³-hybridized carbons (Fsp3) is 0. The molecule has 0 bridgehead atoms. The van der Waals surface area contributed by atoms with Crippen LogP contribution in [0.5, 0.6) is 0 Å². The first-order valence-electron chi connectivity index (χ1n) is 16.8. The summed E-state index contributed by atoms with van der Waals surface area (Å²) >= 11 is 0. The smallest absolute Gasteiger partial charge is 0.143 e. The van der Waals surface area contributed by atoms with Crippen LogP contribution in [-0.4, -0.2) is 0 Å². The van der Waals surface area contributed by atoms with Crippen molar-refractivity contribution in [2.45, 2.75) is 0 Å². The van der Waals surface area contributed by atoms with Gasteiger partial charge in [-0.1, -0.05) is 158 Å². The fourth-order valence-electron chi connectivity index (χ4n) is 7.86. The highest BCUT2D eigenvalue weighted by Crippen LogP contribution is 2.46. The van der Waals surface area contributed by atoms with E-state index >= 15 is 0 Å². The first-order chi connectivity index (χ1) is 24.3. The van der Waals surface area contributed by atoms with Crippen LogP contribution >= 0.6 is 0 Å². The Morgan fingerprint density at radius 2 is 0.714 bits per heavy atom. The molecule has 1 aromatic heterocycles. The van der Waals surface area contributed by atoms with Crippen molar-refractivity contribution in [1.29, 1.82) is 0 Å². The van der Waals surface area contributed by atoms with Crippen LogP contribution in [-0.2, 0) is 0 Å². The molecule has 0 spiro atoms. The molecule has 0 saturated carbocycles. The van der Waals surface area contributed by atoms with Crippen molar-refractivity contribution in [2.75, 3.05) is 0 Å². The zero-order valence-corrected chi connectivity index (χ0v) is 26.7. The number of benzene rings is 9. The molecule has 49 heavy (non-hydrogen) atoms. The molecule has 0 radical (unpaired) electrons. The summed E-state index contributed by atoms with van der Waals surface area (Å²) in [6.45, 7) is 0. The van der Waals surface area contributed by atoms with E-state index in [1.165, 1.54) is 71.4 Å². The van der Waals surface area contributed by atoms with Gasteiger partial charge in [-0.15, -0.1) is 0 Å². The van der Waals surface area contributed by atoms with Crippen molar-refractivity contribution >= 4 is 54.3 Å². The molecule has 10 rings (SSSR count). The van der Waals surface area contributed by atoms with E-state index in [1.54, 1.807) is 0 Å². The standard InChI is InChI=1S/C48H30O/c1-2-14-31(15-3-1)32-16-12-18-34(28-32)46-38-22-5-7-24-40(38)47(41-25-8-6-23-39(41)46)35-19-13-17-33(29-35)43-30-44-37-21-10-11-27-45(37)49-48(44)42-26-9-4-20-36(42)43/h1-30H. The van der Waals surface area contributed by atoms with E-state index in [-0.39, 0.29) is 0 Å². The van der Waals surface area contributed by atoms with Crippen molar-refractivity contribution in [3.8, 4) is 44.5 Å². The Balaban J connectivity index is 1.22. The zero-order valence-electron chi connectivity index (χ0n) is 26.7. The third-order valence-electron chi connectivity index (χ3n) is 10.0. The second-order valence-corrected chi connectivity index (χ2v) is 12.8. The Morgan fingerprint density at radius 1 is 0.265 bits per heavy atom. The normalized spacial score (nSPS) is 11.7. The molecular formula is C48H30O. The van der Waals surface area contributed by atoms with Crippen LogP contribution in [0.2, 0.25) is 0 Å². The predicted octanol–water partition coefficient (Wildman–Crippen LogP) is 13.7. The number of rotatable bonds is 4. The highest BCUT2D eigenvalue weighted by atomic mass is 16.3. The molecule has 10 aromatic rings. The van der Waals surface area contributed by atoms with Gasteiger partial charge in [-0.05, 0) is 95.7 Å². The lowest BCUT2D eigenvalue weighted by atomic mass is 9.84. The molecule has 0 amide bonds. The third-order valence-corrected chi connectivity index (χ3v) is 10.0. The van der Waals surface area contributed by atoms with Gasteiger partial charge in [0.2, 0.25) is 0 Å². The molecule has 0 saturated heterocycles. The van der Waals surface area contributed by atoms with Crippen LogP contribution in [0.1, 0.15) is 0 Å². The van der Waals surface area contributed by atoms with Gasteiger partial charge in [0, 0.05) is 16.2 Å². The zero-order chi connectivity index (χ0) is 32.3. The summed E-state index contributed by atoms with van der Waals surface area (Å²) in [5.74, 6) is 0. The highest BCUT2D eigenvalue weighted by Gasteiger charge is 2.19. The molecule has 0 unspecified atom stereocenters. The Hall–Kier alpha value is -6.44. The fourth-order valence-corrected chi connectivity index (χ4v) is 7.86. The maximum atomic E-state index is 6.43. The van der Waals surface area contributed by atoms with Crippen molar-refractivity contribution in [2.24, 2.45) is 0 Å². The predicted molar refractivity (Wildman–Crippen MR) is 208 cm³/mol. The van der Waals surface area contributed by atoms with E-state index in [4.69, 9.17) is 4.42 Å². The molecule has 0 fully saturated rings. The summed E-state index contributed by atoms with van der Waals surface area (Å²) in [5.41, 5.74) is 11.7. The number of fused-ring (bicyclic) bond motifs is 7. The highest BCUT2D eigenvalue weighted by molar-refractivity contribution is 6.22. The monoisotopic (exact) mass is 622 g/mol. The van der Waals surface area contributed by atoms with Crippen LogP contribution in [0, 0.1) is 0 Å². The summed E-state index contributed by atoms with van der Waals surface area (Å²) in [5, 5.41) is 9.62. The van der Waals surface area contributed by atoms with Gasteiger partial charge in [0.25, 0.3) is 0 Å². The minimum Gasteiger partial charge on any atom is -0.455 e. The molecule has 1 nitrogen and oxygen atoms in total. The van der Waals surface area contributed by atoms with Gasteiger partial charge < -0.3 is 4.42 Å². The third kappa shape index (κ3) is 4.40. The van der Waals surface area contributed by atoms with E-state index in [0.717, 1.165) is 27.3 Å². The molecule has 1 heteroatoms. The SMILES string of the molecule is c1ccc(-c2cccc(-c3c4ccccc4c(-c4cccc(-c5cc6c7ccccc7oc6c6ccccc56)c4)c4ccccc34)c2)cc1.